The first kappa shape index (κ1) is 15.8. The molecule has 0 atom stereocenters. The van der Waals surface area contributed by atoms with Crippen molar-refractivity contribution in [1.29, 1.82) is 0 Å². The largest absolute Gasteiger partial charge is 0.357 e. The fourth-order valence-electron chi connectivity index (χ4n) is 2.93. The van der Waals surface area contributed by atoms with Crippen molar-refractivity contribution >= 4 is 17.6 Å². The van der Waals surface area contributed by atoms with E-state index in [9.17, 15) is 4.79 Å². The molecule has 1 aliphatic heterocycles. The van der Waals surface area contributed by atoms with Crippen LogP contribution in [0.2, 0.25) is 0 Å². The van der Waals surface area contributed by atoms with Crippen LogP contribution in [0, 0.1) is 5.92 Å². The number of guanidine groups is 1. The van der Waals surface area contributed by atoms with Gasteiger partial charge in [-0.1, -0.05) is 18.2 Å². The van der Waals surface area contributed by atoms with Crippen LogP contribution in [0.4, 0.5) is 5.69 Å². The van der Waals surface area contributed by atoms with Crippen LogP contribution >= 0.6 is 0 Å². The van der Waals surface area contributed by atoms with E-state index in [2.05, 4.69) is 21.7 Å². The quantitative estimate of drug-likeness (QED) is 0.645. The van der Waals surface area contributed by atoms with Crippen LogP contribution in [-0.4, -0.2) is 38.0 Å². The van der Waals surface area contributed by atoms with Crippen molar-refractivity contribution in [2.24, 2.45) is 10.9 Å². The van der Waals surface area contributed by atoms with Crippen LogP contribution in [0.25, 0.3) is 0 Å². The zero-order valence-electron chi connectivity index (χ0n) is 13.8. The van der Waals surface area contributed by atoms with Crippen molar-refractivity contribution in [3.8, 4) is 0 Å². The van der Waals surface area contributed by atoms with Gasteiger partial charge in [-0.15, -0.1) is 0 Å². The van der Waals surface area contributed by atoms with Crippen LogP contribution in [0.3, 0.4) is 0 Å². The van der Waals surface area contributed by atoms with E-state index in [4.69, 9.17) is 0 Å². The Bertz CT molecular complexity index is 580. The number of rotatable bonds is 5. The molecule has 124 valence electrons. The summed E-state index contributed by atoms with van der Waals surface area (Å²) in [7, 11) is 0. The van der Waals surface area contributed by atoms with Gasteiger partial charge < -0.3 is 15.5 Å². The molecule has 0 unspecified atom stereocenters. The lowest BCUT2D eigenvalue weighted by molar-refractivity contribution is -0.117. The van der Waals surface area contributed by atoms with E-state index in [1.54, 1.807) is 0 Å². The lowest BCUT2D eigenvalue weighted by atomic mass is 10.0. The van der Waals surface area contributed by atoms with Crippen LogP contribution < -0.4 is 15.5 Å². The minimum Gasteiger partial charge on any atom is -0.357 e. The summed E-state index contributed by atoms with van der Waals surface area (Å²) in [5, 5.41) is 6.54. The standard InChI is InChI=1S/C18H26N4O/c1-2-19-18(20-12-14-9-10-14)21-13-17(23)22-11-5-7-15-6-3-4-8-16(15)22/h3-4,6,8,14H,2,5,7,9-13H2,1H3,(H2,19,20,21). The zero-order valence-corrected chi connectivity index (χ0v) is 13.8. The minimum atomic E-state index is 0.0702. The van der Waals surface area contributed by atoms with Crippen LogP contribution in [0.5, 0.6) is 0 Å². The van der Waals surface area contributed by atoms with E-state index < -0.39 is 0 Å². The highest BCUT2D eigenvalue weighted by molar-refractivity contribution is 5.97. The highest BCUT2D eigenvalue weighted by atomic mass is 16.2. The van der Waals surface area contributed by atoms with E-state index >= 15 is 0 Å². The van der Waals surface area contributed by atoms with Gasteiger partial charge >= 0.3 is 0 Å². The Hall–Kier alpha value is -2.04. The number of hydrogen-bond acceptors (Lipinski definition) is 2. The Balaban J connectivity index is 1.62. The van der Waals surface area contributed by atoms with Crippen molar-refractivity contribution in [2.45, 2.75) is 32.6 Å². The van der Waals surface area contributed by atoms with Gasteiger partial charge in [-0.3, -0.25) is 4.79 Å². The molecule has 0 bridgehead atoms. The van der Waals surface area contributed by atoms with E-state index in [1.165, 1.54) is 18.4 Å². The van der Waals surface area contributed by atoms with Gasteiger partial charge in [0.15, 0.2) is 5.96 Å². The summed E-state index contributed by atoms with van der Waals surface area (Å²) in [6.07, 6.45) is 4.67. The first-order valence-corrected chi connectivity index (χ1v) is 8.68. The maximum atomic E-state index is 12.6. The number of anilines is 1. The molecule has 23 heavy (non-hydrogen) atoms. The summed E-state index contributed by atoms with van der Waals surface area (Å²) in [5.74, 6) is 1.60. The Morgan fingerprint density at radius 2 is 2.13 bits per heavy atom. The van der Waals surface area contributed by atoms with E-state index in [-0.39, 0.29) is 12.5 Å². The molecule has 1 fully saturated rings. The average Bonchev–Trinajstić information content (AvgIpc) is 3.41. The molecule has 1 saturated carbocycles. The highest BCUT2D eigenvalue weighted by Crippen LogP contribution is 2.27. The third-order valence-electron chi connectivity index (χ3n) is 4.38. The number of aryl methyl sites for hydroxylation is 1. The van der Waals surface area contributed by atoms with Crippen molar-refractivity contribution in [3.63, 3.8) is 0 Å². The average molecular weight is 314 g/mol. The molecule has 1 aromatic rings. The van der Waals surface area contributed by atoms with Gasteiger partial charge in [-0.05, 0) is 50.2 Å². The first-order chi connectivity index (χ1) is 11.3. The number of aliphatic imine (C=N–C) groups is 1. The van der Waals surface area contributed by atoms with E-state index in [0.717, 1.165) is 50.0 Å². The lowest BCUT2D eigenvalue weighted by Gasteiger charge is -2.29. The molecule has 0 spiro atoms. The predicted molar refractivity (Wildman–Crippen MR) is 93.8 cm³/mol. The molecule has 1 heterocycles. The molecule has 5 nitrogen and oxygen atoms in total. The van der Waals surface area contributed by atoms with Gasteiger partial charge in [-0.25, -0.2) is 4.99 Å². The highest BCUT2D eigenvalue weighted by Gasteiger charge is 2.23. The number of nitrogens with one attached hydrogen (secondary N) is 2. The number of hydrogen-bond donors (Lipinski definition) is 2. The Kier molecular flexibility index (Phi) is 5.16. The molecule has 2 aliphatic rings. The summed E-state index contributed by atoms with van der Waals surface area (Å²) in [6, 6.07) is 8.18. The second kappa shape index (κ2) is 7.49. The number of amides is 1. The van der Waals surface area contributed by atoms with Gasteiger partial charge in [0.1, 0.15) is 6.54 Å². The third kappa shape index (κ3) is 4.24. The summed E-state index contributed by atoms with van der Waals surface area (Å²) < 4.78 is 0. The molecular weight excluding hydrogens is 288 g/mol. The normalized spacial score (nSPS) is 17.6. The van der Waals surface area contributed by atoms with Crippen molar-refractivity contribution in [3.05, 3.63) is 29.8 Å². The van der Waals surface area contributed by atoms with Crippen LogP contribution in [0.1, 0.15) is 31.7 Å². The lowest BCUT2D eigenvalue weighted by Crippen LogP contribution is -2.41. The smallest absolute Gasteiger partial charge is 0.248 e. The summed E-state index contributed by atoms with van der Waals surface area (Å²) in [5.41, 5.74) is 2.31. The van der Waals surface area contributed by atoms with E-state index in [1.807, 2.05) is 30.0 Å². The Labute approximate surface area is 138 Å². The molecule has 1 aromatic carbocycles. The molecule has 3 rings (SSSR count). The maximum Gasteiger partial charge on any atom is 0.248 e. The van der Waals surface area contributed by atoms with E-state index in [0.29, 0.717) is 0 Å². The molecule has 0 radical (unpaired) electrons. The number of carbonyl (C=O) groups excluding carboxylic acids is 1. The number of benzene rings is 1. The third-order valence-corrected chi connectivity index (χ3v) is 4.38. The van der Waals surface area contributed by atoms with Crippen LogP contribution in [0.15, 0.2) is 29.3 Å². The molecule has 0 saturated heterocycles. The number of carbonyl (C=O) groups is 1. The zero-order chi connectivity index (χ0) is 16.1. The second-order valence-electron chi connectivity index (χ2n) is 6.30. The van der Waals surface area contributed by atoms with Gasteiger partial charge in [0.2, 0.25) is 5.91 Å². The minimum absolute atomic E-state index is 0.0702. The SMILES string of the molecule is CCNC(=NCC(=O)N1CCCc2ccccc21)NCC1CC1. The van der Waals surface area contributed by atoms with Gasteiger partial charge in [0, 0.05) is 25.3 Å². The molecular formula is C18H26N4O. The predicted octanol–water partition coefficient (Wildman–Crippen LogP) is 1.93. The van der Waals surface area contributed by atoms with Gasteiger partial charge in [-0.2, -0.15) is 0 Å². The summed E-state index contributed by atoms with van der Waals surface area (Å²) >= 11 is 0. The number of fused-ring (bicyclic) bond motifs is 1. The molecule has 1 amide bonds. The van der Waals surface area contributed by atoms with Crippen LogP contribution in [-0.2, 0) is 11.2 Å². The van der Waals surface area contributed by atoms with Gasteiger partial charge in [0.25, 0.3) is 0 Å². The number of nitrogens with zero attached hydrogens (tertiary/aromatic N) is 2. The van der Waals surface area contributed by atoms with Crippen molar-refractivity contribution in [1.82, 2.24) is 10.6 Å². The Morgan fingerprint density at radius 1 is 1.30 bits per heavy atom. The number of para-hydroxylation sites is 1. The fourth-order valence-corrected chi connectivity index (χ4v) is 2.93. The van der Waals surface area contributed by atoms with Crippen molar-refractivity contribution in [2.75, 3.05) is 31.1 Å². The maximum absolute atomic E-state index is 12.6. The second-order valence-corrected chi connectivity index (χ2v) is 6.30. The topological polar surface area (TPSA) is 56.7 Å². The van der Waals surface area contributed by atoms with Gasteiger partial charge in [0.05, 0.1) is 0 Å². The summed E-state index contributed by atoms with van der Waals surface area (Å²) in [4.78, 5) is 18.9. The fraction of sp³-hybridized carbons (Fsp3) is 0.556. The molecule has 0 aromatic heterocycles. The first-order valence-electron chi connectivity index (χ1n) is 8.68. The molecule has 1 aliphatic carbocycles. The monoisotopic (exact) mass is 314 g/mol. The molecule has 5 heteroatoms. The van der Waals surface area contributed by atoms with Crippen molar-refractivity contribution < 1.29 is 4.79 Å². The summed E-state index contributed by atoms with van der Waals surface area (Å²) in [6.45, 7) is 4.77. The molecule has 2 N–H and O–H groups in total. The Morgan fingerprint density at radius 3 is 2.91 bits per heavy atom.